The van der Waals surface area contributed by atoms with Crippen LogP contribution in [0.1, 0.15) is 6.92 Å². The molecule has 0 radical (unpaired) electrons. The van der Waals surface area contributed by atoms with Crippen molar-refractivity contribution in [2.75, 3.05) is 0 Å². The fourth-order valence-electron chi connectivity index (χ4n) is 8.02. The van der Waals surface area contributed by atoms with Gasteiger partial charge in [0, 0.05) is 33.1 Å². The van der Waals surface area contributed by atoms with Gasteiger partial charge in [-0.2, -0.15) is 0 Å². The molecular weight excluding hydrogens is 559 g/mol. The van der Waals surface area contributed by atoms with E-state index in [1.54, 1.807) is 0 Å². The van der Waals surface area contributed by atoms with Crippen molar-refractivity contribution < 1.29 is 0 Å². The summed E-state index contributed by atoms with van der Waals surface area (Å²) in [6.07, 6.45) is 6.18. The Labute approximate surface area is 266 Å². The third kappa shape index (κ3) is 3.19. The van der Waals surface area contributed by atoms with Crippen LogP contribution in [0, 0.1) is 0 Å². The second-order valence-corrected chi connectivity index (χ2v) is 12.2. The van der Waals surface area contributed by atoms with Crippen LogP contribution < -0.4 is 26.8 Å². The maximum Gasteiger partial charge on any atom is 0.252 e. The van der Waals surface area contributed by atoms with Gasteiger partial charge in [-0.3, -0.25) is 9.13 Å². The minimum absolute atomic E-state index is 0.00400. The molecule has 0 aliphatic carbocycles. The summed E-state index contributed by atoms with van der Waals surface area (Å²) in [5.74, 6) is 1.91. The third-order valence-corrected chi connectivity index (χ3v) is 9.81. The zero-order chi connectivity index (χ0) is 30.5. The summed E-state index contributed by atoms with van der Waals surface area (Å²) in [4.78, 5) is 10.9. The normalized spacial score (nSPS) is 13.6. The van der Waals surface area contributed by atoms with Gasteiger partial charge in [-0.15, -0.1) is 0 Å². The van der Waals surface area contributed by atoms with Gasteiger partial charge in [0.15, 0.2) is 0 Å². The maximum atomic E-state index is 5.45. The molecule has 0 saturated heterocycles. The van der Waals surface area contributed by atoms with Crippen molar-refractivity contribution in [1.82, 2.24) is 19.1 Å². The lowest BCUT2D eigenvalue weighted by Crippen LogP contribution is -2.60. The zero-order valence-electron chi connectivity index (χ0n) is 25.3. The third-order valence-electron chi connectivity index (χ3n) is 9.81. The molecule has 4 heterocycles. The molecule has 2 aliphatic heterocycles. The predicted molar refractivity (Wildman–Crippen MR) is 193 cm³/mol. The second kappa shape index (κ2) is 9.29. The summed E-state index contributed by atoms with van der Waals surface area (Å²) in [6.45, 7) is 6.18. The van der Waals surface area contributed by atoms with Gasteiger partial charge < -0.3 is 0 Å². The average Bonchev–Trinajstić information content (AvgIpc) is 3.71. The Balaban J connectivity index is 1.45. The Morgan fingerprint density at radius 3 is 1.89 bits per heavy atom. The van der Waals surface area contributed by atoms with Crippen LogP contribution in [0.5, 0.6) is 0 Å². The molecule has 214 valence electrons. The Morgan fingerprint density at radius 2 is 1.24 bits per heavy atom. The van der Waals surface area contributed by atoms with Crippen molar-refractivity contribution in [3.8, 4) is 34.2 Å². The van der Waals surface area contributed by atoms with Crippen molar-refractivity contribution in [2.45, 2.75) is 6.92 Å². The molecule has 5 heteroatoms. The molecule has 0 atom stereocenters. The fourth-order valence-corrected chi connectivity index (χ4v) is 8.02. The van der Waals surface area contributed by atoms with Gasteiger partial charge in [-0.05, 0) is 46.0 Å². The molecule has 10 rings (SSSR count). The Morgan fingerprint density at radius 1 is 0.652 bits per heavy atom. The first kappa shape index (κ1) is 25.4. The Kier molecular flexibility index (Phi) is 5.13. The van der Waals surface area contributed by atoms with Crippen LogP contribution in [0.15, 0.2) is 128 Å². The highest BCUT2D eigenvalue weighted by atomic mass is 15.1. The number of rotatable bonds is 3. The highest BCUT2D eigenvalue weighted by Gasteiger charge is 2.42. The zero-order valence-corrected chi connectivity index (χ0v) is 25.3. The van der Waals surface area contributed by atoms with Crippen LogP contribution in [0.4, 0.5) is 0 Å². The molecular formula is C41H27BN4. The number of imidazole rings is 2. The van der Waals surface area contributed by atoms with Crippen molar-refractivity contribution in [3.63, 3.8) is 0 Å². The molecule has 8 aromatic rings. The summed E-state index contributed by atoms with van der Waals surface area (Å²) < 4.78 is 4.82. The first-order valence-electron chi connectivity index (χ1n) is 15.8. The molecule has 0 N–H and O–H groups in total. The molecule has 0 unspecified atom stereocenters. The van der Waals surface area contributed by atoms with E-state index in [0.717, 1.165) is 44.2 Å². The number of benzene rings is 6. The minimum Gasteiger partial charge on any atom is -0.293 e. The molecule has 2 aliphatic rings. The van der Waals surface area contributed by atoms with Crippen LogP contribution >= 0.6 is 0 Å². The quantitative estimate of drug-likeness (QED) is 0.247. The van der Waals surface area contributed by atoms with Crippen molar-refractivity contribution >= 4 is 68.1 Å². The van der Waals surface area contributed by atoms with E-state index in [1.807, 2.05) is 6.08 Å². The van der Waals surface area contributed by atoms with E-state index in [0.29, 0.717) is 0 Å². The van der Waals surface area contributed by atoms with Crippen molar-refractivity contribution in [3.05, 3.63) is 138 Å². The van der Waals surface area contributed by atoms with Crippen molar-refractivity contribution in [2.24, 2.45) is 0 Å². The topological polar surface area (TPSA) is 35.6 Å². The molecule has 46 heavy (non-hydrogen) atoms. The van der Waals surface area contributed by atoms with E-state index in [2.05, 4.69) is 150 Å². The lowest BCUT2D eigenvalue weighted by Gasteiger charge is -2.33. The van der Waals surface area contributed by atoms with E-state index in [1.165, 1.54) is 49.6 Å². The molecule has 0 bridgehead atoms. The van der Waals surface area contributed by atoms with Crippen LogP contribution in [-0.4, -0.2) is 25.8 Å². The number of aromatic nitrogens is 4. The number of hydrogen-bond acceptors (Lipinski definition) is 2. The largest absolute Gasteiger partial charge is 0.293 e. The summed E-state index contributed by atoms with van der Waals surface area (Å²) in [5.41, 5.74) is 12.7. The van der Waals surface area contributed by atoms with E-state index < -0.39 is 0 Å². The molecule has 2 aromatic heterocycles. The van der Waals surface area contributed by atoms with Crippen LogP contribution in [0.25, 0.3) is 79.1 Å². The molecule has 6 aromatic carbocycles. The SMILES string of the molecule is C=C/C=c1/cc2c3c(nc(-c4ccccc4)n3-c3cccc4c3B2c2cc3ccccc3c3nc(-c5ccccc5)n-4c23)/c1=C/C. The number of allylic oxidation sites excluding steroid dienone is 1. The van der Waals surface area contributed by atoms with E-state index >= 15 is 0 Å². The Hall–Kier alpha value is -5.94. The average molecular weight is 587 g/mol. The van der Waals surface area contributed by atoms with Gasteiger partial charge in [0.2, 0.25) is 0 Å². The molecule has 4 nitrogen and oxygen atoms in total. The predicted octanol–water partition coefficient (Wildman–Crippen LogP) is 5.76. The van der Waals surface area contributed by atoms with E-state index in [9.17, 15) is 0 Å². The lowest BCUT2D eigenvalue weighted by atomic mass is 9.34. The van der Waals surface area contributed by atoms with Crippen LogP contribution in [0.3, 0.4) is 0 Å². The van der Waals surface area contributed by atoms with Crippen LogP contribution in [0.2, 0.25) is 0 Å². The van der Waals surface area contributed by atoms with Crippen LogP contribution in [-0.2, 0) is 0 Å². The van der Waals surface area contributed by atoms with Crippen molar-refractivity contribution in [1.29, 1.82) is 0 Å². The molecule has 0 saturated carbocycles. The molecule has 0 fully saturated rings. The van der Waals surface area contributed by atoms with Gasteiger partial charge in [-0.25, -0.2) is 9.97 Å². The monoisotopic (exact) mass is 586 g/mol. The molecule has 0 spiro atoms. The van der Waals surface area contributed by atoms with E-state index in [-0.39, 0.29) is 6.71 Å². The highest BCUT2D eigenvalue weighted by molar-refractivity contribution is 7.00. The van der Waals surface area contributed by atoms with E-state index in [4.69, 9.17) is 9.97 Å². The Bertz CT molecular complexity index is 2720. The number of hydrogen-bond donors (Lipinski definition) is 0. The van der Waals surface area contributed by atoms with Gasteiger partial charge in [0.1, 0.15) is 11.6 Å². The standard InChI is InChI=1S/C41H27BN4/c1-3-14-27-23-31-38-36(29(27)4-2)43-40(25-15-7-5-8-16-25)45(38)33-21-13-22-34-35(33)42(31)32-24-28-19-11-12-20-30(28)37-39(32)46(34)41(44-37)26-17-9-6-10-18-26/h3-24H,1H2,2H3/b27-14-,29-4+. The number of nitrogens with zero attached hydrogens (tertiary/aromatic N) is 4. The fraction of sp³-hybridized carbons (Fsp3) is 0.0244. The van der Waals surface area contributed by atoms with Gasteiger partial charge in [0.05, 0.1) is 22.1 Å². The van der Waals surface area contributed by atoms with Gasteiger partial charge in [0.25, 0.3) is 6.71 Å². The first-order chi connectivity index (χ1) is 22.8. The summed E-state index contributed by atoms with van der Waals surface area (Å²) in [7, 11) is 0. The maximum absolute atomic E-state index is 5.45. The second-order valence-electron chi connectivity index (χ2n) is 12.2. The first-order valence-corrected chi connectivity index (χ1v) is 15.8. The smallest absolute Gasteiger partial charge is 0.252 e. The summed E-state index contributed by atoms with van der Waals surface area (Å²) >= 11 is 0. The summed E-state index contributed by atoms with van der Waals surface area (Å²) in [5, 5.41) is 4.63. The molecule has 0 amide bonds. The number of fused-ring (bicyclic) bond motifs is 6. The lowest BCUT2D eigenvalue weighted by molar-refractivity contribution is 1.07. The van der Waals surface area contributed by atoms with Gasteiger partial charge >= 0.3 is 0 Å². The minimum atomic E-state index is 0.00400. The van der Waals surface area contributed by atoms with Gasteiger partial charge in [-0.1, -0.05) is 128 Å². The summed E-state index contributed by atoms with van der Waals surface area (Å²) in [6, 6.07) is 41.3. The highest BCUT2D eigenvalue weighted by Crippen LogP contribution is 2.37.